The van der Waals surface area contributed by atoms with E-state index in [0.29, 0.717) is 29.1 Å². The zero-order valence-electron chi connectivity index (χ0n) is 21.5. The van der Waals surface area contributed by atoms with E-state index in [4.69, 9.17) is 11.5 Å². The number of aromatic hydroxyl groups is 1. The largest absolute Gasteiger partial charge is 0.508 e. The average Bonchev–Trinajstić information content (AvgIpc) is 3.13. The number of aromatic nitrogens is 1. The maximum absolute atomic E-state index is 12.5. The molecule has 6 nitrogen and oxygen atoms in total. The predicted octanol–water partition coefficient (Wildman–Crippen LogP) is 4.16. The molecule has 0 aliphatic rings. The predicted molar refractivity (Wildman–Crippen MR) is 147 cm³/mol. The van der Waals surface area contributed by atoms with E-state index in [2.05, 4.69) is 6.92 Å². The van der Waals surface area contributed by atoms with Gasteiger partial charge in [0.25, 0.3) is 5.91 Å². The van der Waals surface area contributed by atoms with Gasteiger partial charge < -0.3 is 16.6 Å². The first-order valence-corrected chi connectivity index (χ1v) is 12.3. The second-order valence-corrected chi connectivity index (χ2v) is 9.00. The van der Waals surface area contributed by atoms with Crippen LogP contribution in [0.3, 0.4) is 0 Å². The van der Waals surface area contributed by atoms with Crippen LogP contribution in [0, 0.1) is 6.92 Å². The third-order valence-corrected chi connectivity index (χ3v) is 6.30. The van der Waals surface area contributed by atoms with E-state index in [9.17, 15) is 14.7 Å². The molecule has 36 heavy (non-hydrogen) atoms. The highest BCUT2D eigenvalue weighted by Gasteiger charge is 2.19. The summed E-state index contributed by atoms with van der Waals surface area (Å²) in [7, 11) is 0. The Bertz CT molecular complexity index is 1430. The minimum atomic E-state index is -0.598. The lowest BCUT2D eigenvalue weighted by Gasteiger charge is -2.11. The highest BCUT2D eigenvalue weighted by Crippen LogP contribution is 2.22. The van der Waals surface area contributed by atoms with Crippen LogP contribution in [0.2, 0.25) is 0 Å². The number of aryl methyl sites for hydroxylation is 1. The van der Waals surface area contributed by atoms with Crippen LogP contribution >= 0.6 is 0 Å². The first-order valence-electron chi connectivity index (χ1n) is 12.3. The molecule has 0 saturated heterocycles. The number of anilines is 1. The van der Waals surface area contributed by atoms with Crippen molar-refractivity contribution in [3.8, 4) is 11.4 Å². The van der Waals surface area contributed by atoms with Crippen molar-refractivity contribution in [2.75, 3.05) is 5.73 Å². The van der Waals surface area contributed by atoms with Crippen LogP contribution in [0.4, 0.5) is 5.82 Å². The normalized spacial score (nSPS) is 12.8. The van der Waals surface area contributed by atoms with Gasteiger partial charge in [-0.2, -0.15) is 0 Å². The van der Waals surface area contributed by atoms with E-state index >= 15 is 0 Å². The highest BCUT2D eigenvalue weighted by atomic mass is 16.3. The van der Waals surface area contributed by atoms with Crippen LogP contribution in [-0.4, -0.2) is 21.4 Å². The summed E-state index contributed by atoms with van der Waals surface area (Å²) in [6.07, 6.45) is 8.51. The molecule has 0 spiro atoms. The van der Waals surface area contributed by atoms with Gasteiger partial charge in [-0.3, -0.25) is 14.2 Å². The summed E-state index contributed by atoms with van der Waals surface area (Å²) in [6.45, 7) is 7.86. The summed E-state index contributed by atoms with van der Waals surface area (Å²) in [4.78, 5) is 24.2. The first-order chi connectivity index (χ1) is 17.2. The zero-order valence-corrected chi connectivity index (χ0v) is 21.5. The number of phenolic OH excluding ortho intramolecular Hbond substituents is 1. The number of unbranched alkanes of at least 4 members (excludes halogenated alkanes) is 1. The molecular formula is C30H35N3O3. The number of amides is 1. The Kier molecular flexibility index (Phi) is 8.54. The quantitative estimate of drug-likeness (QED) is 0.423. The van der Waals surface area contributed by atoms with Crippen LogP contribution in [0.25, 0.3) is 23.4 Å². The average molecular weight is 486 g/mol. The summed E-state index contributed by atoms with van der Waals surface area (Å²) in [6, 6.07) is 13.0. The Morgan fingerprint density at radius 2 is 1.78 bits per heavy atom. The number of hydrogen-bond donors (Lipinski definition) is 3. The van der Waals surface area contributed by atoms with E-state index in [1.165, 1.54) is 0 Å². The van der Waals surface area contributed by atoms with Crippen LogP contribution in [0.1, 0.15) is 67.1 Å². The van der Waals surface area contributed by atoms with Crippen molar-refractivity contribution < 1.29 is 14.7 Å². The van der Waals surface area contributed by atoms with Gasteiger partial charge in [-0.15, -0.1) is 0 Å². The second-order valence-electron chi connectivity index (χ2n) is 9.00. The van der Waals surface area contributed by atoms with Gasteiger partial charge in [-0.05, 0) is 54.7 Å². The minimum absolute atomic E-state index is 0.0997. The fourth-order valence-electron chi connectivity index (χ4n) is 4.18. The molecule has 1 heterocycles. The van der Waals surface area contributed by atoms with Crippen molar-refractivity contribution in [2.45, 2.75) is 53.4 Å². The van der Waals surface area contributed by atoms with Gasteiger partial charge in [0.2, 0.25) is 0 Å². The van der Waals surface area contributed by atoms with E-state index in [0.717, 1.165) is 35.1 Å². The summed E-state index contributed by atoms with van der Waals surface area (Å²) in [5.41, 5.74) is 17.1. The number of ketones is 1. The molecule has 1 aromatic heterocycles. The third-order valence-electron chi connectivity index (χ3n) is 6.30. The molecular weight excluding hydrogens is 450 g/mol. The molecule has 0 aliphatic carbocycles. The van der Waals surface area contributed by atoms with E-state index in [1.807, 2.05) is 63.3 Å². The van der Waals surface area contributed by atoms with Gasteiger partial charge in [-0.1, -0.05) is 62.8 Å². The van der Waals surface area contributed by atoms with E-state index < -0.39 is 5.91 Å². The fraction of sp³-hybridized carbons (Fsp3) is 0.267. The lowest BCUT2D eigenvalue weighted by molar-refractivity contribution is -0.118. The van der Waals surface area contributed by atoms with E-state index in [-0.39, 0.29) is 22.9 Å². The first kappa shape index (κ1) is 26.5. The Balaban J connectivity index is 2.23. The number of hydrogen-bond acceptors (Lipinski definition) is 4. The highest BCUT2D eigenvalue weighted by molar-refractivity contribution is 5.98. The number of carbonyl (C=O) groups is 2. The molecule has 1 amide bonds. The molecule has 2 aromatic carbocycles. The number of carbonyl (C=O) groups excluding carboxylic acids is 2. The molecule has 6 heteroatoms. The molecule has 0 aliphatic heterocycles. The maximum atomic E-state index is 12.5. The van der Waals surface area contributed by atoms with Crippen molar-refractivity contribution in [2.24, 2.45) is 5.73 Å². The van der Waals surface area contributed by atoms with Gasteiger partial charge in [-0.25, -0.2) is 0 Å². The van der Waals surface area contributed by atoms with Crippen molar-refractivity contribution in [1.29, 1.82) is 0 Å². The number of allylic oxidation sites excluding steroid dienone is 2. The summed E-state index contributed by atoms with van der Waals surface area (Å²) >= 11 is 0. The van der Waals surface area contributed by atoms with Crippen molar-refractivity contribution in [3.63, 3.8) is 0 Å². The number of benzene rings is 2. The van der Waals surface area contributed by atoms with Crippen LogP contribution in [0.15, 0.2) is 48.5 Å². The molecule has 0 atom stereocenters. The third kappa shape index (κ3) is 5.77. The van der Waals surface area contributed by atoms with Gasteiger partial charge in [0.1, 0.15) is 17.4 Å². The summed E-state index contributed by atoms with van der Waals surface area (Å²) < 4.78 is 1.78. The molecule has 5 N–H and O–H groups in total. The molecule has 0 bridgehead atoms. The Morgan fingerprint density at radius 3 is 2.39 bits per heavy atom. The molecule has 0 fully saturated rings. The lowest BCUT2D eigenvalue weighted by Crippen LogP contribution is -2.32. The zero-order chi connectivity index (χ0) is 26.4. The fourth-order valence-corrected chi connectivity index (χ4v) is 4.18. The van der Waals surface area contributed by atoms with Gasteiger partial charge in [0, 0.05) is 24.1 Å². The number of phenols is 1. The smallest absolute Gasteiger partial charge is 0.253 e. The summed E-state index contributed by atoms with van der Waals surface area (Å²) in [5, 5.41) is 11.6. The minimum Gasteiger partial charge on any atom is -0.508 e. The molecule has 3 rings (SSSR count). The van der Waals surface area contributed by atoms with Gasteiger partial charge in [0.05, 0.1) is 16.6 Å². The van der Waals surface area contributed by atoms with Crippen LogP contribution in [-0.2, 0) is 11.2 Å². The number of rotatable bonds is 9. The number of Topliss-reactive ketones (excluding diaryl/α,β-unsaturated/α-hetero) is 1. The standard InChI is InChI=1S/C30H35N3O3/c1-5-7-8-25-26(16-10-19(3)22-13-11-21(12-14-22)17-23(34)6-2)33(29(31)28(25)30(32)36)27-18-24(35)15-9-20(27)4/h8-16,18,35H,5-7,17,31H2,1-4H3,(H2,32,36)/b19-10+,25-8+,26-16+. The molecule has 3 aromatic rings. The van der Waals surface area contributed by atoms with Crippen molar-refractivity contribution >= 4 is 35.2 Å². The summed E-state index contributed by atoms with van der Waals surface area (Å²) in [5.74, 6) is -0.0486. The Hall–Kier alpha value is -4.06. The van der Waals surface area contributed by atoms with Crippen LogP contribution < -0.4 is 22.0 Å². The van der Waals surface area contributed by atoms with E-state index in [1.54, 1.807) is 22.8 Å². The topological polar surface area (TPSA) is 111 Å². The van der Waals surface area contributed by atoms with Crippen molar-refractivity contribution in [3.05, 3.63) is 81.4 Å². The molecule has 0 unspecified atom stereocenters. The lowest BCUT2D eigenvalue weighted by atomic mass is 10.0. The SMILES string of the molecule is CCC/C=c1/c(C(N)=O)c(N)n(-c2cc(O)ccc2C)/c1=C/C=C(\C)c1ccc(CC(=O)CC)cc1. The number of primary amides is 1. The Labute approximate surface area is 212 Å². The second kappa shape index (κ2) is 11.6. The number of nitrogens with zero attached hydrogens (tertiary/aromatic N) is 1. The number of nitrogens with two attached hydrogens (primary N) is 2. The van der Waals surface area contributed by atoms with Gasteiger partial charge >= 0.3 is 0 Å². The molecule has 188 valence electrons. The maximum Gasteiger partial charge on any atom is 0.253 e. The van der Waals surface area contributed by atoms with Crippen LogP contribution in [0.5, 0.6) is 5.75 Å². The monoisotopic (exact) mass is 485 g/mol. The Morgan fingerprint density at radius 1 is 1.08 bits per heavy atom. The van der Waals surface area contributed by atoms with Gasteiger partial charge in [0.15, 0.2) is 0 Å². The molecule has 0 saturated carbocycles. The number of nitrogen functional groups attached to an aromatic ring is 1. The molecule has 0 radical (unpaired) electrons. The van der Waals surface area contributed by atoms with Crippen molar-refractivity contribution in [1.82, 2.24) is 4.57 Å².